The third kappa shape index (κ3) is 3.62. The van der Waals surface area contributed by atoms with Crippen LogP contribution in [-0.4, -0.2) is 61.1 Å². The first-order valence-electron chi connectivity index (χ1n) is 6.41. The van der Waals surface area contributed by atoms with Crippen molar-refractivity contribution in [1.82, 2.24) is 10.2 Å². The Morgan fingerprint density at radius 3 is 2.30 bits per heavy atom. The van der Waals surface area contributed by atoms with E-state index in [0.717, 1.165) is 6.26 Å². The molecule has 1 aliphatic rings. The summed E-state index contributed by atoms with van der Waals surface area (Å²) in [5.41, 5.74) is 0. The Labute approximate surface area is 119 Å². The number of nitrogens with zero attached hydrogens (tertiary/aromatic N) is 1. The standard InChI is InChI=1S/C12H22N2O5S/c1-8-5-14(6-9(8)10(15)16)11(17)13-7-12(2,3)20(4,18)19/h8-9H,5-7H2,1-4H3,(H,13,17)(H,15,16)/t8-,9-/m1/s1. The molecule has 0 saturated carbocycles. The Morgan fingerprint density at radius 1 is 1.35 bits per heavy atom. The smallest absolute Gasteiger partial charge is 0.317 e. The second-order valence-electron chi connectivity index (χ2n) is 6.02. The van der Waals surface area contributed by atoms with Crippen molar-refractivity contribution < 1.29 is 23.1 Å². The molecule has 0 aromatic heterocycles. The predicted octanol–water partition coefficient (Wildman–Crippen LogP) is 0.172. The van der Waals surface area contributed by atoms with Crippen molar-refractivity contribution >= 4 is 21.8 Å². The number of hydrogen-bond donors (Lipinski definition) is 2. The average Bonchev–Trinajstić information content (AvgIpc) is 2.67. The molecular formula is C12H22N2O5S. The van der Waals surface area contributed by atoms with Gasteiger partial charge in [-0.05, 0) is 19.8 Å². The number of carbonyl (C=O) groups is 2. The number of nitrogens with one attached hydrogen (secondary N) is 1. The monoisotopic (exact) mass is 306 g/mol. The van der Waals surface area contributed by atoms with E-state index in [9.17, 15) is 18.0 Å². The summed E-state index contributed by atoms with van der Waals surface area (Å²) in [4.78, 5) is 24.4. The fourth-order valence-electron chi connectivity index (χ4n) is 1.99. The van der Waals surface area contributed by atoms with Crippen molar-refractivity contribution in [2.75, 3.05) is 25.9 Å². The van der Waals surface area contributed by atoms with Crippen LogP contribution in [-0.2, 0) is 14.6 Å². The molecule has 1 aliphatic heterocycles. The van der Waals surface area contributed by atoms with Gasteiger partial charge in [-0.1, -0.05) is 6.92 Å². The summed E-state index contributed by atoms with van der Waals surface area (Å²) in [6.45, 7) is 5.37. The SMILES string of the molecule is C[C@@H]1CN(C(=O)NCC(C)(C)S(C)(=O)=O)C[C@H]1C(=O)O. The van der Waals surface area contributed by atoms with Gasteiger partial charge < -0.3 is 15.3 Å². The summed E-state index contributed by atoms with van der Waals surface area (Å²) in [5, 5.41) is 11.6. The number of urea groups is 1. The normalized spacial score (nSPS) is 23.7. The highest BCUT2D eigenvalue weighted by atomic mass is 32.2. The molecular weight excluding hydrogens is 284 g/mol. The van der Waals surface area contributed by atoms with Crippen LogP contribution < -0.4 is 5.32 Å². The summed E-state index contributed by atoms with van der Waals surface area (Å²) in [5.74, 6) is -1.59. The van der Waals surface area contributed by atoms with E-state index in [2.05, 4.69) is 5.32 Å². The molecule has 0 unspecified atom stereocenters. The molecule has 0 spiro atoms. The lowest BCUT2D eigenvalue weighted by atomic mass is 9.99. The first-order valence-corrected chi connectivity index (χ1v) is 8.30. The highest BCUT2D eigenvalue weighted by Gasteiger charge is 2.38. The minimum absolute atomic E-state index is 0.00666. The number of carboxylic acid groups (broad SMARTS) is 1. The molecule has 20 heavy (non-hydrogen) atoms. The van der Waals surface area contributed by atoms with Crippen molar-refractivity contribution in [3.8, 4) is 0 Å². The fourth-order valence-corrected chi connectivity index (χ4v) is 2.32. The maximum Gasteiger partial charge on any atom is 0.317 e. The molecule has 1 fully saturated rings. The van der Waals surface area contributed by atoms with Crippen molar-refractivity contribution in [1.29, 1.82) is 0 Å². The summed E-state index contributed by atoms with van der Waals surface area (Å²) >= 11 is 0. The van der Waals surface area contributed by atoms with Gasteiger partial charge in [-0.3, -0.25) is 4.79 Å². The topological polar surface area (TPSA) is 104 Å². The predicted molar refractivity (Wildman–Crippen MR) is 74.2 cm³/mol. The van der Waals surface area contributed by atoms with Crippen LogP contribution in [0.3, 0.4) is 0 Å². The second-order valence-corrected chi connectivity index (χ2v) is 8.67. The number of carbonyl (C=O) groups excluding carboxylic acids is 1. The molecule has 0 radical (unpaired) electrons. The van der Waals surface area contributed by atoms with Crippen LogP contribution in [0.4, 0.5) is 4.79 Å². The van der Waals surface area contributed by atoms with Gasteiger partial charge in [0.25, 0.3) is 0 Å². The highest BCUT2D eigenvalue weighted by Crippen LogP contribution is 2.23. The Morgan fingerprint density at radius 2 is 1.90 bits per heavy atom. The Hall–Kier alpha value is -1.31. The minimum atomic E-state index is -3.28. The van der Waals surface area contributed by atoms with E-state index in [4.69, 9.17) is 5.11 Å². The molecule has 0 aromatic carbocycles. The van der Waals surface area contributed by atoms with E-state index in [0.29, 0.717) is 6.54 Å². The number of aliphatic carboxylic acids is 1. The zero-order valence-electron chi connectivity index (χ0n) is 12.2. The molecule has 7 nitrogen and oxygen atoms in total. The van der Waals surface area contributed by atoms with Crippen LogP contribution in [0, 0.1) is 11.8 Å². The molecule has 116 valence electrons. The lowest BCUT2D eigenvalue weighted by Crippen LogP contribution is -2.48. The van der Waals surface area contributed by atoms with Gasteiger partial charge in [-0.15, -0.1) is 0 Å². The molecule has 2 atom stereocenters. The number of likely N-dealkylation sites (tertiary alicyclic amines) is 1. The molecule has 2 amide bonds. The van der Waals surface area contributed by atoms with Crippen LogP contribution in [0.5, 0.6) is 0 Å². The van der Waals surface area contributed by atoms with Gasteiger partial charge in [-0.25, -0.2) is 13.2 Å². The van der Waals surface area contributed by atoms with Gasteiger partial charge in [0.15, 0.2) is 9.84 Å². The van der Waals surface area contributed by atoms with Crippen LogP contribution in [0.1, 0.15) is 20.8 Å². The van der Waals surface area contributed by atoms with Gasteiger partial charge in [0.05, 0.1) is 10.7 Å². The van der Waals surface area contributed by atoms with Crippen LogP contribution in [0.15, 0.2) is 0 Å². The summed E-state index contributed by atoms with van der Waals surface area (Å²) in [6, 6.07) is -0.419. The maximum atomic E-state index is 12.0. The molecule has 1 rings (SSSR count). The molecule has 8 heteroatoms. The van der Waals surface area contributed by atoms with E-state index >= 15 is 0 Å². The first-order chi connectivity index (χ1) is 8.95. The number of sulfone groups is 1. The fraction of sp³-hybridized carbons (Fsp3) is 0.833. The van der Waals surface area contributed by atoms with Gasteiger partial charge >= 0.3 is 12.0 Å². The van der Waals surface area contributed by atoms with Crippen LogP contribution in [0.25, 0.3) is 0 Å². The van der Waals surface area contributed by atoms with Crippen molar-refractivity contribution in [3.05, 3.63) is 0 Å². The van der Waals surface area contributed by atoms with E-state index < -0.39 is 32.5 Å². The summed E-state index contributed by atoms with van der Waals surface area (Å²) in [6.07, 6.45) is 1.12. The molecule has 2 N–H and O–H groups in total. The third-order valence-electron chi connectivity index (χ3n) is 3.89. The minimum Gasteiger partial charge on any atom is -0.481 e. The summed E-state index contributed by atoms with van der Waals surface area (Å²) in [7, 11) is -3.28. The van der Waals surface area contributed by atoms with E-state index in [1.807, 2.05) is 0 Å². The lowest BCUT2D eigenvalue weighted by Gasteiger charge is -2.25. The first kappa shape index (κ1) is 16.7. The Bertz CT molecular complexity index is 500. The van der Waals surface area contributed by atoms with E-state index in [1.54, 1.807) is 6.92 Å². The molecule has 0 aromatic rings. The van der Waals surface area contributed by atoms with Gasteiger partial charge in [0, 0.05) is 25.9 Å². The molecule has 0 bridgehead atoms. The lowest BCUT2D eigenvalue weighted by molar-refractivity contribution is -0.142. The zero-order chi connectivity index (χ0) is 15.7. The van der Waals surface area contributed by atoms with Crippen LogP contribution >= 0.6 is 0 Å². The zero-order valence-corrected chi connectivity index (χ0v) is 13.0. The second kappa shape index (κ2) is 5.59. The number of amides is 2. The molecule has 0 aliphatic carbocycles. The van der Waals surface area contributed by atoms with Gasteiger partial charge in [0.2, 0.25) is 0 Å². The third-order valence-corrected chi connectivity index (χ3v) is 6.04. The van der Waals surface area contributed by atoms with Crippen molar-refractivity contribution in [2.45, 2.75) is 25.5 Å². The molecule has 1 heterocycles. The van der Waals surface area contributed by atoms with Gasteiger partial charge in [-0.2, -0.15) is 0 Å². The number of carboxylic acids is 1. The van der Waals surface area contributed by atoms with E-state index in [-0.39, 0.29) is 19.0 Å². The number of hydrogen-bond acceptors (Lipinski definition) is 4. The quantitative estimate of drug-likeness (QED) is 0.770. The van der Waals surface area contributed by atoms with E-state index in [1.165, 1.54) is 18.7 Å². The largest absolute Gasteiger partial charge is 0.481 e. The maximum absolute atomic E-state index is 12.0. The summed E-state index contributed by atoms with van der Waals surface area (Å²) < 4.78 is 22.0. The molecule has 1 saturated heterocycles. The van der Waals surface area contributed by atoms with Crippen molar-refractivity contribution in [3.63, 3.8) is 0 Å². The van der Waals surface area contributed by atoms with Crippen LogP contribution in [0.2, 0.25) is 0 Å². The van der Waals surface area contributed by atoms with Gasteiger partial charge in [0.1, 0.15) is 0 Å². The van der Waals surface area contributed by atoms with Crippen molar-refractivity contribution in [2.24, 2.45) is 11.8 Å². The average molecular weight is 306 g/mol. The highest BCUT2D eigenvalue weighted by molar-refractivity contribution is 7.92. The Kier molecular flexibility index (Phi) is 4.68. The number of rotatable bonds is 4. The Balaban J connectivity index is 2.60.